The van der Waals surface area contributed by atoms with Crippen molar-refractivity contribution in [3.8, 4) is 0 Å². The van der Waals surface area contributed by atoms with Crippen LogP contribution in [-0.2, 0) is 11.3 Å². The first-order valence-electron chi connectivity index (χ1n) is 7.51. The van der Waals surface area contributed by atoms with E-state index in [1.165, 1.54) is 11.8 Å². The molecule has 0 spiro atoms. The largest absolute Gasteiger partial charge is 0.334 e. The van der Waals surface area contributed by atoms with Gasteiger partial charge in [-0.1, -0.05) is 23.9 Å². The van der Waals surface area contributed by atoms with Gasteiger partial charge in [0, 0.05) is 31.2 Å². The van der Waals surface area contributed by atoms with Crippen LogP contribution in [0.5, 0.6) is 0 Å². The van der Waals surface area contributed by atoms with Gasteiger partial charge < -0.3 is 4.90 Å². The normalized spacial score (nSPS) is 15.3. The highest BCUT2D eigenvalue weighted by molar-refractivity contribution is 8.00. The molecule has 1 fully saturated rings. The van der Waals surface area contributed by atoms with E-state index in [-0.39, 0.29) is 11.2 Å². The van der Waals surface area contributed by atoms with Gasteiger partial charge in [0.15, 0.2) is 0 Å². The number of aromatic nitrogens is 2. The topological polar surface area (TPSA) is 46.1 Å². The molecule has 0 saturated heterocycles. The number of carbonyl (C=O) groups is 1. The summed E-state index contributed by atoms with van der Waals surface area (Å²) >= 11 is 1.52. The molecule has 0 bridgehead atoms. The lowest BCUT2D eigenvalue weighted by Gasteiger charge is -2.25. The van der Waals surface area contributed by atoms with Gasteiger partial charge in [-0.3, -0.25) is 9.78 Å². The highest BCUT2D eigenvalue weighted by Gasteiger charge is 2.34. The Morgan fingerprint density at radius 2 is 2.18 bits per heavy atom. The highest BCUT2D eigenvalue weighted by atomic mass is 32.2. The summed E-state index contributed by atoms with van der Waals surface area (Å²) in [5.41, 5.74) is 1.08. The first kappa shape index (κ1) is 15.0. The minimum absolute atomic E-state index is 0.132. The van der Waals surface area contributed by atoms with Crippen molar-refractivity contribution < 1.29 is 4.79 Å². The molecule has 114 valence electrons. The monoisotopic (exact) mass is 313 g/mol. The fourth-order valence-electron chi connectivity index (χ4n) is 2.34. The molecule has 1 saturated carbocycles. The first-order valence-corrected chi connectivity index (χ1v) is 8.39. The van der Waals surface area contributed by atoms with E-state index in [4.69, 9.17) is 0 Å². The number of pyridine rings is 2. The Morgan fingerprint density at radius 3 is 2.82 bits per heavy atom. The van der Waals surface area contributed by atoms with E-state index < -0.39 is 0 Å². The third-order valence-electron chi connectivity index (χ3n) is 3.63. The van der Waals surface area contributed by atoms with Crippen molar-refractivity contribution in [2.24, 2.45) is 0 Å². The van der Waals surface area contributed by atoms with Crippen LogP contribution in [0.1, 0.15) is 25.3 Å². The quantitative estimate of drug-likeness (QED) is 0.769. The maximum absolute atomic E-state index is 12.8. The zero-order valence-corrected chi connectivity index (χ0v) is 13.4. The van der Waals surface area contributed by atoms with Gasteiger partial charge in [-0.05, 0) is 43.5 Å². The van der Waals surface area contributed by atoms with E-state index in [1.54, 1.807) is 12.4 Å². The van der Waals surface area contributed by atoms with Gasteiger partial charge in [0.25, 0.3) is 0 Å². The lowest BCUT2D eigenvalue weighted by Crippen LogP contribution is -2.37. The molecule has 0 aromatic carbocycles. The molecule has 2 aromatic rings. The minimum atomic E-state index is -0.132. The lowest BCUT2D eigenvalue weighted by atomic mass is 10.2. The van der Waals surface area contributed by atoms with Gasteiger partial charge in [-0.2, -0.15) is 0 Å². The molecule has 1 aliphatic rings. The summed E-state index contributed by atoms with van der Waals surface area (Å²) in [5, 5.41) is 0.757. The van der Waals surface area contributed by atoms with Crippen LogP contribution in [0, 0.1) is 0 Å². The summed E-state index contributed by atoms with van der Waals surface area (Å²) in [6.07, 6.45) is 7.55. The standard InChI is InChI=1S/C17H19N3OS/c1-13(22-16-6-2-3-10-19-16)17(21)20(15-7-8-15)12-14-5-4-9-18-11-14/h2-6,9-11,13,15H,7-8,12H2,1H3/t13-/m1/s1. The second kappa shape index (κ2) is 6.92. The van der Waals surface area contributed by atoms with E-state index >= 15 is 0 Å². The van der Waals surface area contributed by atoms with Gasteiger partial charge in [0.05, 0.1) is 10.3 Å². The summed E-state index contributed by atoms with van der Waals surface area (Å²) in [7, 11) is 0. The molecule has 3 rings (SSSR count). The number of nitrogens with zero attached hydrogens (tertiary/aromatic N) is 3. The molecule has 0 N–H and O–H groups in total. The summed E-state index contributed by atoms with van der Waals surface area (Å²) in [4.78, 5) is 23.2. The van der Waals surface area contributed by atoms with Gasteiger partial charge in [-0.15, -0.1) is 0 Å². The van der Waals surface area contributed by atoms with Crippen LogP contribution in [0.25, 0.3) is 0 Å². The zero-order valence-electron chi connectivity index (χ0n) is 12.6. The molecule has 0 aliphatic heterocycles. The molecular weight excluding hydrogens is 294 g/mol. The molecule has 2 heterocycles. The number of hydrogen-bond donors (Lipinski definition) is 0. The second-order valence-corrected chi connectivity index (χ2v) is 6.85. The van der Waals surface area contributed by atoms with Crippen molar-refractivity contribution in [2.45, 2.75) is 42.6 Å². The van der Waals surface area contributed by atoms with Gasteiger partial charge >= 0.3 is 0 Å². The highest BCUT2D eigenvalue weighted by Crippen LogP contribution is 2.31. The zero-order chi connectivity index (χ0) is 15.4. The van der Waals surface area contributed by atoms with Crippen LogP contribution in [0.3, 0.4) is 0 Å². The van der Waals surface area contributed by atoms with Crippen LogP contribution < -0.4 is 0 Å². The average molecular weight is 313 g/mol. The molecule has 1 amide bonds. The predicted molar refractivity (Wildman–Crippen MR) is 87.4 cm³/mol. The average Bonchev–Trinajstić information content (AvgIpc) is 3.39. The van der Waals surface area contributed by atoms with E-state index in [0.717, 1.165) is 23.4 Å². The van der Waals surface area contributed by atoms with Crippen molar-refractivity contribution in [2.75, 3.05) is 0 Å². The van der Waals surface area contributed by atoms with Crippen molar-refractivity contribution in [1.29, 1.82) is 0 Å². The summed E-state index contributed by atoms with van der Waals surface area (Å²) in [6, 6.07) is 10.1. The molecule has 0 radical (unpaired) electrons. The van der Waals surface area contributed by atoms with Crippen molar-refractivity contribution >= 4 is 17.7 Å². The fourth-order valence-corrected chi connectivity index (χ4v) is 3.22. The van der Waals surface area contributed by atoms with Gasteiger partial charge in [0.2, 0.25) is 5.91 Å². The fraction of sp³-hybridized carbons (Fsp3) is 0.353. The third kappa shape index (κ3) is 3.85. The first-order chi connectivity index (χ1) is 10.7. The van der Waals surface area contributed by atoms with Crippen LogP contribution in [0.15, 0.2) is 53.9 Å². The summed E-state index contributed by atoms with van der Waals surface area (Å²) in [6.45, 7) is 2.60. The Bertz CT molecular complexity index is 616. The van der Waals surface area contributed by atoms with Crippen LogP contribution in [0.4, 0.5) is 0 Å². The SMILES string of the molecule is C[C@@H](Sc1ccccn1)C(=O)N(Cc1cccnc1)C1CC1. The number of rotatable bonds is 6. The number of amides is 1. The molecule has 1 atom stereocenters. The number of carbonyl (C=O) groups excluding carboxylic acids is 1. The molecule has 1 aliphatic carbocycles. The van der Waals surface area contributed by atoms with E-state index in [0.29, 0.717) is 12.6 Å². The summed E-state index contributed by atoms with van der Waals surface area (Å²) < 4.78 is 0. The Labute approximate surface area is 135 Å². The lowest BCUT2D eigenvalue weighted by molar-refractivity contribution is -0.131. The Balaban J connectivity index is 1.67. The number of thioether (sulfide) groups is 1. The van der Waals surface area contributed by atoms with Gasteiger partial charge in [-0.25, -0.2) is 4.98 Å². The predicted octanol–water partition coefficient (Wildman–Crippen LogP) is 3.15. The Hall–Kier alpha value is -1.88. The molecule has 0 unspecified atom stereocenters. The van der Waals surface area contributed by atoms with E-state index in [1.807, 2.05) is 48.4 Å². The number of hydrogen-bond acceptors (Lipinski definition) is 4. The summed E-state index contributed by atoms with van der Waals surface area (Å²) in [5.74, 6) is 0.182. The van der Waals surface area contributed by atoms with Crippen LogP contribution in [0.2, 0.25) is 0 Å². The van der Waals surface area contributed by atoms with Crippen LogP contribution in [-0.4, -0.2) is 32.1 Å². The second-order valence-electron chi connectivity index (χ2n) is 5.49. The molecular formula is C17H19N3OS. The van der Waals surface area contributed by atoms with E-state index in [9.17, 15) is 4.79 Å². The van der Waals surface area contributed by atoms with Crippen molar-refractivity contribution in [3.63, 3.8) is 0 Å². The maximum Gasteiger partial charge on any atom is 0.236 e. The molecule has 22 heavy (non-hydrogen) atoms. The maximum atomic E-state index is 12.8. The van der Waals surface area contributed by atoms with Gasteiger partial charge in [0.1, 0.15) is 0 Å². The Morgan fingerprint density at radius 1 is 1.32 bits per heavy atom. The molecule has 2 aromatic heterocycles. The Kier molecular flexibility index (Phi) is 4.73. The van der Waals surface area contributed by atoms with Crippen molar-refractivity contribution in [3.05, 3.63) is 54.5 Å². The van der Waals surface area contributed by atoms with Crippen molar-refractivity contribution in [1.82, 2.24) is 14.9 Å². The molecule has 5 heteroatoms. The smallest absolute Gasteiger partial charge is 0.236 e. The third-order valence-corrected chi connectivity index (χ3v) is 4.67. The van der Waals surface area contributed by atoms with E-state index in [2.05, 4.69) is 9.97 Å². The molecule has 4 nitrogen and oxygen atoms in total. The minimum Gasteiger partial charge on any atom is -0.334 e. The van der Waals surface area contributed by atoms with Crippen LogP contribution >= 0.6 is 11.8 Å².